The fourth-order valence-corrected chi connectivity index (χ4v) is 2.04. The highest BCUT2D eigenvalue weighted by molar-refractivity contribution is 6.52. The van der Waals surface area contributed by atoms with E-state index >= 15 is 0 Å². The predicted molar refractivity (Wildman–Crippen MR) is 73.6 cm³/mol. The number of nitrogens with one attached hydrogen (secondary N) is 2. The van der Waals surface area contributed by atoms with Gasteiger partial charge in [0, 0.05) is 11.4 Å². The van der Waals surface area contributed by atoms with Crippen LogP contribution < -0.4 is 10.6 Å². The molecule has 0 heterocycles. The van der Waals surface area contributed by atoms with Gasteiger partial charge in [-0.05, 0) is 30.7 Å². The number of methoxy groups -OCH3 is 1. The number of anilines is 2. The zero-order chi connectivity index (χ0) is 14.0. The van der Waals surface area contributed by atoms with E-state index in [0.717, 1.165) is 0 Å². The Morgan fingerprint density at radius 3 is 2.11 bits per heavy atom. The van der Waals surface area contributed by atoms with E-state index in [1.807, 2.05) is 0 Å². The van der Waals surface area contributed by atoms with E-state index in [1.165, 1.54) is 7.11 Å². The van der Waals surface area contributed by atoms with Crippen LogP contribution in [0.4, 0.5) is 16.2 Å². The van der Waals surface area contributed by atoms with Crippen molar-refractivity contribution >= 4 is 46.6 Å². The monoisotopic (exact) mass is 302 g/mol. The number of rotatable bonds is 3. The number of halogens is 2. The third-order valence-electron chi connectivity index (χ3n) is 2.73. The number of benzene rings is 1. The second-order valence-corrected chi connectivity index (χ2v) is 5.74. The Labute approximate surface area is 120 Å². The number of hydrogen-bond acceptors (Lipinski definition) is 3. The van der Waals surface area contributed by atoms with E-state index in [2.05, 4.69) is 15.4 Å². The Balaban J connectivity index is 1.92. The standard InChI is InChI=1S/C12H12Cl2N2O3/c1-19-11(18)16-8-4-2-7(3-5-8)15-10(17)9-6-12(9,13)14/h2-5,9H,6H2,1H3,(H,15,17)(H,16,18)/t9-/m1/s1. The van der Waals surface area contributed by atoms with Crippen molar-refractivity contribution in [2.24, 2.45) is 5.92 Å². The van der Waals surface area contributed by atoms with Crippen molar-refractivity contribution in [2.45, 2.75) is 10.8 Å². The normalized spacial score (nSPS) is 19.4. The summed E-state index contributed by atoms with van der Waals surface area (Å²) in [6.07, 6.45) is -0.0898. The van der Waals surface area contributed by atoms with Crippen LogP contribution in [0.2, 0.25) is 0 Å². The molecule has 0 radical (unpaired) electrons. The maximum atomic E-state index is 11.7. The van der Waals surface area contributed by atoms with Crippen LogP contribution in [0.3, 0.4) is 0 Å². The first kappa shape index (κ1) is 14.0. The highest BCUT2D eigenvalue weighted by Crippen LogP contribution is 2.53. The Morgan fingerprint density at radius 1 is 1.21 bits per heavy atom. The Morgan fingerprint density at radius 2 is 1.68 bits per heavy atom. The van der Waals surface area contributed by atoms with Crippen LogP contribution in [-0.4, -0.2) is 23.4 Å². The van der Waals surface area contributed by atoms with Crippen molar-refractivity contribution in [1.29, 1.82) is 0 Å². The van der Waals surface area contributed by atoms with Crippen molar-refractivity contribution in [1.82, 2.24) is 0 Å². The van der Waals surface area contributed by atoms with E-state index in [-0.39, 0.29) is 11.8 Å². The zero-order valence-corrected chi connectivity index (χ0v) is 11.6. The van der Waals surface area contributed by atoms with E-state index < -0.39 is 10.4 Å². The molecule has 5 nitrogen and oxygen atoms in total. The summed E-state index contributed by atoms with van der Waals surface area (Å²) >= 11 is 11.6. The molecule has 1 aromatic rings. The molecule has 2 amide bonds. The summed E-state index contributed by atoms with van der Waals surface area (Å²) in [6, 6.07) is 6.62. The van der Waals surface area contributed by atoms with Crippen LogP contribution in [0.5, 0.6) is 0 Å². The highest BCUT2D eigenvalue weighted by atomic mass is 35.5. The minimum absolute atomic E-state index is 0.210. The van der Waals surface area contributed by atoms with E-state index in [4.69, 9.17) is 23.2 Å². The summed E-state index contributed by atoms with van der Waals surface area (Å²) in [4.78, 5) is 22.7. The second-order valence-electron chi connectivity index (χ2n) is 4.20. The van der Waals surface area contributed by atoms with Gasteiger partial charge < -0.3 is 10.1 Å². The van der Waals surface area contributed by atoms with Crippen LogP contribution in [0, 0.1) is 5.92 Å². The molecule has 1 aromatic carbocycles. The number of ether oxygens (including phenoxy) is 1. The van der Waals surface area contributed by atoms with Crippen molar-refractivity contribution in [3.63, 3.8) is 0 Å². The largest absolute Gasteiger partial charge is 0.453 e. The lowest BCUT2D eigenvalue weighted by atomic mass is 10.2. The van der Waals surface area contributed by atoms with E-state index in [0.29, 0.717) is 17.8 Å². The van der Waals surface area contributed by atoms with Crippen LogP contribution in [0.1, 0.15) is 6.42 Å². The summed E-state index contributed by atoms with van der Waals surface area (Å²) in [6.45, 7) is 0. The van der Waals surface area contributed by atoms with Crippen LogP contribution in [0.25, 0.3) is 0 Å². The zero-order valence-electron chi connectivity index (χ0n) is 10.1. The molecule has 1 aliphatic carbocycles. The molecule has 0 bridgehead atoms. The second kappa shape index (κ2) is 5.27. The lowest BCUT2D eigenvalue weighted by molar-refractivity contribution is -0.117. The molecule has 0 saturated heterocycles. The van der Waals surface area contributed by atoms with Crippen molar-refractivity contribution in [3.05, 3.63) is 24.3 Å². The average molecular weight is 303 g/mol. The summed E-state index contributed by atoms with van der Waals surface area (Å²) in [5.74, 6) is -0.581. The molecule has 2 N–H and O–H groups in total. The maximum Gasteiger partial charge on any atom is 0.411 e. The molecule has 102 valence electrons. The van der Waals surface area contributed by atoms with Gasteiger partial charge in [0.05, 0.1) is 13.0 Å². The number of carbonyl (C=O) groups excluding carboxylic acids is 2. The number of hydrogen-bond donors (Lipinski definition) is 2. The van der Waals surface area contributed by atoms with E-state index in [1.54, 1.807) is 24.3 Å². The lowest BCUT2D eigenvalue weighted by Crippen LogP contribution is -2.17. The number of carbonyl (C=O) groups is 2. The molecule has 7 heteroatoms. The number of amides is 2. The predicted octanol–water partition coefficient (Wildman–Crippen LogP) is 3.00. The van der Waals surface area contributed by atoms with E-state index in [9.17, 15) is 9.59 Å². The quantitative estimate of drug-likeness (QED) is 0.844. The maximum absolute atomic E-state index is 11.7. The van der Waals surface area contributed by atoms with Gasteiger partial charge in [0.15, 0.2) is 0 Å². The van der Waals surface area contributed by atoms with Gasteiger partial charge >= 0.3 is 6.09 Å². The molecule has 1 fully saturated rings. The number of alkyl halides is 2. The highest BCUT2D eigenvalue weighted by Gasteiger charge is 2.56. The summed E-state index contributed by atoms with van der Waals surface area (Å²) in [7, 11) is 1.28. The first-order valence-corrected chi connectivity index (χ1v) is 6.32. The molecule has 0 unspecified atom stereocenters. The fourth-order valence-electron chi connectivity index (χ4n) is 1.53. The molecular formula is C12H12Cl2N2O3. The van der Waals surface area contributed by atoms with Crippen molar-refractivity contribution in [2.75, 3.05) is 17.7 Å². The molecule has 1 saturated carbocycles. The van der Waals surface area contributed by atoms with Gasteiger partial charge in [-0.25, -0.2) is 4.79 Å². The minimum Gasteiger partial charge on any atom is -0.453 e. The third-order valence-corrected chi connectivity index (χ3v) is 3.56. The molecule has 19 heavy (non-hydrogen) atoms. The molecular weight excluding hydrogens is 291 g/mol. The van der Waals surface area contributed by atoms with Gasteiger partial charge in [0.2, 0.25) is 5.91 Å². The minimum atomic E-state index is -0.934. The summed E-state index contributed by atoms with van der Waals surface area (Å²) in [5, 5.41) is 5.21. The lowest BCUT2D eigenvalue weighted by Gasteiger charge is -2.07. The van der Waals surface area contributed by atoms with Gasteiger partial charge in [0.1, 0.15) is 4.33 Å². The average Bonchev–Trinajstić information content (AvgIpc) is 3.01. The Bertz CT molecular complexity index is 502. The first-order chi connectivity index (χ1) is 8.92. The third kappa shape index (κ3) is 3.52. The first-order valence-electron chi connectivity index (χ1n) is 5.56. The fraction of sp³-hybridized carbons (Fsp3) is 0.333. The van der Waals surface area contributed by atoms with Crippen LogP contribution in [-0.2, 0) is 9.53 Å². The van der Waals surface area contributed by atoms with Crippen LogP contribution >= 0.6 is 23.2 Å². The molecule has 1 aliphatic rings. The van der Waals surface area contributed by atoms with Gasteiger partial charge in [-0.1, -0.05) is 0 Å². The molecule has 0 aliphatic heterocycles. The molecule has 1 atom stereocenters. The Kier molecular flexibility index (Phi) is 3.87. The van der Waals surface area contributed by atoms with Gasteiger partial charge in [-0.2, -0.15) is 0 Å². The van der Waals surface area contributed by atoms with Gasteiger partial charge in [0.25, 0.3) is 0 Å². The van der Waals surface area contributed by atoms with Crippen LogP contribution in [0.15, 0.2) is 24.3 Å². The SMILES string of the molecule is COC(=O)Nc1ccc(NC(=O)[C@H]2CC2(Cl)Cl)cc1. The smallest absolute Gasteiger partial charge is 0.411 e. The van der Waals surface area contributed by atoms with Gasteiger partial charge in [-0.3, -0.25) is 10.1 Å². The molecule has 2 rings (SSSR count). The topological polar surface area (TPSA) is 67.4 Å². The summed E-state index contributed by atoms with van der Waals surface area (Å²) < 4.78 is 3.53. The molecule has 0 spiro atoms. The van der Waals surface area contributed by atoms with Crippen molar-refractivity contribution in [3.8, 4) is 0 Å². The van der Waals surface area contributed by atoms with Gasteiger partial charge in [-0.15, -0.1) is 23.2 Å². The summed E-state index contributed by atoms with van der Waals surface area (Å²) in [5.41, 5.74) is 1.18. The van der Waals surface area contributed by atoms with Crippen molar-refractivity contribution < 1.29 is 14.3 Å². The Hall–Kier alpha value is -1.46. The molecule has 0 aromatic heterocycles.